The van der Waals surface area contributed by atoms with E-state index < -0.39 is 0 Å². The van der Waals surface area contributed by atoms with Crippen LogP contribution >= 0.6 is 0 Å². The monoisotopic (exact) mass is 411 g/mol. The van der Waals surface area contributed by atoms with Crippen LogP contribution < -0.4 is 10.6 Å². The van der Waals surface area contributed by atoms with Gasteiger partial charge in [-0.15, -0.1) is 0 Å². The Balaban J connectivity index is 1.44. The van der Waals surface area contributed by atoms with Crippen LogP contribution in [0.1, 0.15) is 33.7 Å². The number of amides is 2. The van der Waals surface area contributed by atoms with Crippen molar-refractivity contribution in [2.24, 2.45) is 7.05 Å². The molecule has 4 aromatic rings. The van der Waals surface area contributed by atoms with E-state index >= 15 is 0 Å². The van der Waals surface area contributed by atoms with Crippen LogP contribution in [-0.2, 0) is 7.05 Å². The van der Waals surface area contributed by atoms with E-state index in [2.05, 4.69) is 43.4 Å². The average molecular weight is 411 g/mol. The molecule has 5 rings (SSSR count). The fourth-order valence-corrected chi connectivity index (χ4v) is 3.64. The van der Waals surface area contributed by atoms with Crippen LogP contribution in [0.25, 0.3) is 22.2 Å². The Kier molecular flexibility index (Phi) is 4.71. The predicted octanol–water partition coefficient (Wildman–Crippen LogP) is 3.78. The van der Waals surface area contributed by atoms with Crippen LogP contribution in [0.2, 0.25) is 0 Å². The number of anilines is 1. The minimum Gasteiger partial charge on any atom is -0.348 e. The molecule has 1 aliphatic rings. The number of carbonyl (C=O) groups excluding carboxylic acids is 2. The highest BCUT2D eigenvalue weighted by atomic mass is 16.2. The molecule has 7 heteroatoms. The molecule has 154 valence electrons. The van der Waals surface area contributed by atoms with Crippen molar-refractivity contribution in [2.75, 3.05) is 5.32 Å². The molecule has 31 heavy (non-hydrogen) atoms. The van der Waals surface area contributed by atoms with Crippen molar-refractivity contribution >= 4 is 28.4 Å². The molecular formula is C24H21N5O2. The lowest BCUT2D eigenvalue weighted by Gasteiger charge is -2.12. The predicted molar refractivity (Wildman–Crippen MR) is 119 cm³/mol. The maximum atomic E-state index is 13.0. The summed E-state index contributed by atoms with van der Waals surface area (Å²) in [6.07, 6.45) is 6.79. The Morgan fingerprint density at radius 3 is 2.68 bits per heavy atom. The number of rotatable bonds is 5. The van der Waals surface area contributed by atoms with Gasteiger partial charge in [0.25, 0.3) is 11.8 Å². The fourth-order valence-electron chi connectivity index (χ4n) is 3.64. The van der Waals surface area contributed by atoms with Gasteiger partial charge in [0.15, 0.2) is 0 Å². The average Bonchev–Trinajstić information content (AvgIpc) is 3.55. The number of carbonyl (C=O) groups is 2. The van der Waals surface area contributed by atoms with Gasteiger partial charge >= 0.3 is 0 Å². The highest BCUT2D eigenvalue weighted by Crippen LogP contribution is 2.32. The molecule has 0 radical (unpaired) electrons. The highest BCUT2D eigenvalue weighted by molar-refractivity contribution is 6.07. The Bertz CT molecular complexity index is 1310. The normalized spacial score (nSPS) is 13.2. The third kappa shape index (κ3) is 3.77. The maximum absolute atomic E-state index is 13.0. The summed E-state index contributed by atoms with van der Waals surface area (Å²) in [6.45, 7) is 0. The highest BCUT2D eigenvalue weighted by Gasteiger charge is 2.24. The standard InChI is InChI=1S/C24H21N5O2/c1-29-21-5-3-2-4-15(21)13-22(29)18-9-10-25-14-20(18)28-23(30)16-8-11-26-19(12-16)24(31)27-17-6-7-17/h2-5,8-14,17H,6-7H2,1H3,(H,27,31)(H,28,30). The lowest BCUT2D eigenvalue weighted by atomic mass is 10.1. The second-order valence-corrected chi connectivity index (χ2v) is 7.70. The second kappa shape index (κ2) is 7.68. The maximum Gasteiger partial charge on any atom is 0.270 e. The van der Waals surface area contributed by atoms with Crippen molar-refractivity contribution in [1.82, 2.24) is 19.9 Å². The molecule has 3 aromatic heterocycles. The summed E-state index contributed by atoms with van der Waals surface area (Å²) in [7, 11) is 2.00. The van der Waals surface area contributed by atoms with Crippen molar-refractivity contribution < 1.29 is 9.59 Å². The summed E-state index contributed by atoms with van der Waals surface area (Å²) in [5, 5.41) is 6.95. The number of aromatic nitrogens is 3. The van der Waals surface area contributed by atoms with E-state index in [-0.39, 0.29) is 23.6 Å². The van der Waals surface area contributed by atoms with Crippen LogP contribution in [0.4, 0.5) is 5.69 Å². The molecule has 0 aliphatic heterocycles. The van der Waals surface area contributed by atoms with Gasteiger partial charge in [-0.1, -0.05) is 18.2 Å². The van der Waals surface area contributed by atoms with E-state index in [1.807, 2.05) is 25.2 Å². The zero-order valence-electron chi connectivity index (χ0n) is 17.0. The molecule has 2 N–H and O–H groups in total. The molecule has 7 nitrogen and oxygen atoms in total. The molecule has 1 fully saturated rings. The van der Waals surface area contributed by atoms with Gasteiger partial charge in [0.2, 0.25) is 0 Å². The lowest BCUT2D eigenvalue weighted by molar-refractivity contribution is 0.0946. The van der Waals surface area contributed by atoms with Crippen molar-refractivity contribution in [3.05, 3.63) is 78.4 Å². The zero-order valence-corrected chi connectivity index (χ0v) is 17.0. The minimum atomic E-state index is -0.323. The molecule has 0 atom stereocenters. The Hall–Kier alpha value is -4.00. The van der Waals surface area contributed by atoms with Gasteiger partial charge in [-0.3, -0.25) is 19.6 Å². The number of aryl methyl sites for hydroxylation is 1. The number of nitrogens with one attached hydrogen (secondary N) is 2. The minimum absolute atomic E-state index is 0.227. The van der Waals surface area contributed by atoms with E-state index in [1.165, 1.54) is 12.3 Å². The van der Waals surface area contributed by atoms with Gasteiger partial charge in [-0.25, -0.2) is 0 Å². The van der Waals surface area contributed by atoms with Gasteiger partial charge in [0.05, 0.1) is 17.6 Å². The molecular weight excluding hydrogens is 390 g/mol. The smallest absolute Gasteiger partial charge is 0.270 e. The summed E-state index contributed by atoms with van der Waals surface area (Å²) >= 11 is 0. The van der Waals surface area contributed by atoms with E-state index in [1.54, 1.807) is 18.5 Å². The first-order valence-electron chi connectivity index (χ1n) is 10.2. The van der Waals surface area contributed by atoms with Crippen molar-refractivity contribution in [3.63, 3.8) is 0 Å². The zero-order chi connectivity index (χ0) is 21.4. The molecule has 0 unspecified atom stereocenters. The van der Waals surface area contributed by atoms with Crippen LogP contribution in [0.3, 0.4) is 0 Å². The van der Waals surface area contributed by atoms with Gasteiger partial charge in [0.1, 0.15) is 5.69 Å². The molecule has 0 bridgehead atoms. The van der Waals surface area contributed by atoms with Gasteiger partial charge in [0, 0.05) is 47.5 Å². The Morgan fingerprint density at radius 2 is 1.87 bits per heavy atom. The van der Waals surface area contributed by atoms with Gasteiger partial charge in [-0.05, 0) is 43.2 Å². The Morgan fingerprint density at radius 1 is 1.03 bits per heavy atom. The van der Waals surface area contributed by atoms with Gasteiger partial charge in [-0.2, -0.15) is 0 Å². The molecule has 3 heterocycles. The molecule has 1 aromatic carbocycles. The number of hydrogen-bond acceptors (Lipinski definition) is 4. The number of fused-ring (bicyclic) bond motifs is 1. The van der Waals surface area contributed by atoms with E-state index in [0.717, 1.165) is 35.0 Å². The van der Waals surface area contributed by atoms with Gasteiger partial charge < -0.3 is 15.2 Å². The fraction of sp³-hybridized carbons (Fsp3) is 0.167. The van der Waals surface area contributed by atoms with Crippen molar-refractivity contribution in [1.29, 1.82) is 0 Å². The summed E-state index contributed by atoms with van der Waals surface area (Å²) in [5.74, 6) is -0.578. The molecule has 0 saturated heterocycles. The first kappa shape index (κ1) is 19.0. The summed E-state index contributed by atoms with van der Waals surface area (Å²) in [4.78, 5) is 33.5. The topological polar surface area (TPSA) is 88.9 Å². The van der Waals surface area contributed by atoms with Crippen LogP contribution in [0.15, 0.2) is 67.1 Å². The van der Waals surface area contributed by atoms with E-state index in [0.29, 0.717) is 11.3 Å². The van der Waals surface area contributed by atoms with Crippen LogP contribution in [0.5, 0.6) is 0 Å². The molecule has 1 saturated carbocycles. The third-order valence-corrected chi connectivity index (χ3v) is 5.46. The summed E-state index contributed by atoms with van der Waals surface area (Å²) in [5.41, 5.74) is 4.13. The Labute approximate surface area is 179 Å². The second-order valence-electron chi connectivity index (χ2n) is 7.70. The van der Waals surface area contributed by atoms with E-state index in [9.17, 15) is 9.59 Å². The first-order valence-corrected chi connectivity index (χ1v) is 10.2. The summed E-state index contributed by atoms with van der Waals surface area (Å²) < 4.78 is 2.09. The number of para-hydroxylation sites is 1. The number of nitrogens with zero attached hydrogens (tertiary/aromatic N) is 3. The number of benzene rings is 1. The van der Waals surface area contributed by atoms with E-state index in [4.69, 9.17) is 0 Å². The SMILES string of the molecule is Cn1c(-c2ccncc2NC(=O)c2ccnc(C(=O)NC3CC3)c2)cc2ccccc21. The van der Waals surface area contributed by atoms with Crippen LogP contribution in [-0.4, -0.2) is 32.4 Å². The van der Waals surface area contributed by atoms with Crippen molar-refractivity contribution in [3.8, 4) is 11.3 Å². The lowest BCUT2D eigenvalue weighted by Crippen LogP contribution is -2.26. The third-order valence-electron chi connectivity index (χ3n) is 5.46. The molecule has 0 spiro atoms. The summed E-state index contributed by atoms with van der Waals surface area (Å²) in [6, 6.07) is 15.4. The number of hydrogen-bond donors (Lipinski definition) is 2. The molecule has 2 amide bonds. The number of pyridine rings is 2. The molecule has 1 aliphatic carbocycles. The largest absolute Gasteiger partial charge is 0.348 e. The quantitative estimate of drug-likeness (QED) is 0.523. The first-order chi connectivity index (χ1) is 15.1. The van der Waals surface area contributed by atoms with Crippen molar-refractivity contribution in [2.45, 2.75) is 18.9 Å². The van der Waals surface area contributed by atoms with Crippen LogP contribution in [0, 0.1) is 0 Å².